The fourth-order valence-electron chi connectivity index (χ4n) is 5.12. The van der Waals surface area contributed by atoms with E-state index in [0.717, 1.165) is 37.0 Å². The number of halogens is 2. The van der Waals surface area contributed by atoms with Crippen LogP contribution in [-0.2, 0) is 30.0 Å². The number of benzene rings is 1. The Morgan fingerprint density at radius 1 is 1.05 bits per heavy atom. The summed E-state index contributed by atoms with van der Waals surface area (Å²) in [5.41, 5.74) is 4.23. The van der Waals surface area contributed by atoms with Crippen molar-refractivity contribution in [1.29, 1.82) is 0 Å². The van der Waals surface area contributed by atoms with Crippen molar-refractivity contribution in [1.82, 2.24) is 9.80 Å². The quantitative estimate of drug-likeness (QED) is 0.347. The Morgan fingerprint density at radius 3 is 2.05 bits per heavy atom. The first-order valence-corrected chi connectivity index (χ1v) is 21.5. The second-order valence-corrected chi connectivity index (χ2v) is 22.7. The van der Waals surface area contributed by atoms with Crippen molar-refractivity contribution in [2.45, 2.75) is 83.1 Å². The molecule has 4 aliphatic rings. The van der Waals surface area contributed by atoms with Gasteiger partial charge >= 0.3 is 62.5 Å². The molecule has 0 radical (unpaired) electrons. The molecule has 0 saturated carbocycles. The number of rotatable bonds is 3. The summed E-state index contributed by atoms with van der Waals surface area (Å²) in [7, 11) is 4.39. The van der Waals surface area contributed by atoms with Gasteiger partial charge in [-0.2, -0.15) is 27.0 Å². The number of carbonyl (C=O) groups is 1. The molecule has 1 aromatic carbocycles. The number of carboxylic acid groups (broad SMARTS) is 1. The van der Waals surface area contributed by atoms with Gasteiger partial charge in [-0.1, -0.05) is 12.1 Å². The normalized spacial score (nSPS) is 25.1. The molecule has 3 saturated heterocycles. The Balaban J connectivity index is 0.000000436. The molecular formula is C25H42BI2N3O4S2V. The first-order valence-electron chi connectivity index (χ1n) is 12.5. The van der Waals surface area contributed by atoms with Gasteiger partial charge in [-0.25, -0.2) is 0 Å². The molecule has 5 rings (SSSR count). The second-order valence-electron chi connectivity index (χ2n) is 10.9. The second kappa shape index (κ2) is 16.0. The van der Waals surface area contributed by atoms with Gasteiger partial charge in [-0.05, 0) is 97.7 Å². The molecule has 0 amide bonds. The van der Waals surface area contributed by atoms with Crippen LogP contribution in [0.5, 0.6) is 0 Å². The van der Waals surface area contributed by atoms with Crippen molar-refractivity contribution in [3.8, 4) is 0 Å². The molecule has 3 fully saturated rings. The minimum atomic E-state index is -0.685. The summed E-state index contributed by atoms with van der Waals surface area (Å²) in [6.45, 7) is 10.5. The van der Waals surface area contributed by atoms with Crippen LogP contribution in [0.4, 0.5) is 5.69 Å². The van der Waals surface area contributed by atoms with E-state index >= 15 is 0 Å². The summed E-state index contributed by atoms with van der Waals surface area (Å²) < 4.78 is 12.4. The zero-order valence-corrected chi connectivity index (χ0v) is 30.8. The SMILES string of the molecule is CN1CCC[C@H]1C(=O)O.CN1CCC[C@H]1C1=Nc2ccc(B3OC(C)(C)C(C)(C)O3)cc2C1.S.S.[I][V][I]. The number of hydrogen-bond acceptors (Lipinski definition) is 6. The fourth-order valence-corrected chi connectivity index (χ4v) is 5.12. The number of fused-ring (bicyclic) bond motifs is 1. The summed E-state index contributed by atoms with van der Waals surface area (Å²) in [5, 5.41) is 8.54. The topological polar surface area (TPSA) is 74.6 Å². The maximum atomic E-state index is 10.4. The number of likely N-dealkylation sites (N-methyl/N-ethyl adjacent to an activating group) is 1. The molecule has 0 aliphatic carbocycles. The fraction of sp³-hybridized carbons (Fsp3) is 0.680. The van der Waals surface area contributed by atoms with E-state index in [1.54, 1.807) is 0 Å². The van der Waals surface area contributed by atoms with Gasteiger partial charge in [0.2, 0.25) is 0 Å². The van der Waals surface area contributed by atoms with E-state index in [2.05, 4.69) is 97.8 Å². The molecule has 0 spiro atoms. The van der Waals surface area contributed by atoms with Crippen molar-refractivity contribution < 1.29 is 28.7 Å². The molecule has 4 aliphatic heterocycles. The van der Waals surface area contributed by atoms with Gasteiger partial charge in [0.15, 0.2) is 0 Å². The third-order valence-electron chi connectivity index (χ3n) is 7.98. The van der Waals surface area contributed by atoms with Gasteiger partial charge < -0.3 is 14.4 Å². The number of likely N-dealkylation sites (tertiary alicyclic amines) is 2. The Bertz CT molecular complexity index is 961. The molecule has 0 aromatic heterocycles. The summed E-state index contributed by atoms with van der Waals surface area (Å²) in [6.07, 6.45) is 5.29. The van der Waals surface area contributed by atoms with Gasteiger partial charge in [0, 0.05) is 18.2 Å². The maximum absolute atomic E-state index is 10.4. The summed E-state index contributed by atoms with van der Waals surface area (Å²) in [5.74, 6) is -0.685. The van der Waals surface area contributed by atoms with E-state index in [4.69, 9.17) is 19.4 Å². The van der Waals surface area contributed by atoms with Crippen LogP contribution in [0.2, 0.25) is 0 Å². The Kier molecular flexibility index (Phi) is 15.6. The van der Waals surface area contributed by atoms with Crippen LogP contribution < -0.4 is 5.46 Å². The van der Waals surface area contributed by atoms with E-state index in [1.807, 2.05) is 11.9 Å². The summed E-state index contributed by atoms with van der Waals surface area (Å²) in [4.78, 5) is 19.6. The van der Waals surface area contributed by atoms with Crippen molar-refractivity contribution in [2.75, 3.05) is 27.2 Å². The molecule has 0 unspecified atom stereocenters. The van der Waals surface area contributed by atoms with Crippen LogP contribution in [0, 0.1) is 0 Å². The Labute approximate surface area is 271 Å². The summed E-state index contributed by atoms with van der Waals surface area (Å²) >= 11 is 4.74. The van der Waals surface area contributed by atoms with Gasteiger partial charge in [-0.15, -0.1) is 0 Å². The Morgan fingerprint density at radius 2 is 1.61 bits per heavy atom. The number of aliphatic carboxylic acids is 1. The molecule has 38 heavy (non-hydrogen) atoms. The van der Waals surface area contributed by atoms with Crippen LogP contribution in [0.1, 0.15) is 58.9 Å². The van der Waals surface area contributed by atoms with Crippen LogP contribution in [0.3, 0.4) is 0 Å². The summed E-state index contributed by atoms with van der Waals surface area (Å²) in [6, 6.07) is 6.74. The molecule has 1 aromatic rings. The van der Waals surface area contributed by atoms with Crippen LogP contribution in [0.25, 0.3) is 0 Å². The van der Waals surface area contributed by atoms with Crippen molar-refractivity contribution in [3.63, 3.8) is 0 Å². The third kappa shape index (κ3) is 9.00. The third-order valence-corrected chi connectivity index (χ3v) is 7.98. The van der Waals surface area contributed by atoms with E-state index in [1.165, 1.54) is 30.7 Å². The minimum absolute atomic E-state index is 0. The van der Waals surface area contributed by atoms with E-state index in [0.29, 0.717) is 15.5 Å². The molecule has 2 atom stereocenters. The van der Waals surface area contributed by atoms with E-state index < -0.39 is 5.97 Å². The first-order chi connectivity index (χ1) is 16.9. The van der Waals surface area contributed by atoms with Crippen molar-refractivity contribution >= 4 is 96.9 Å². The zero-order chi connectivity index (χ0) is 26.7. The molecule has 13 heteroatoms. The van der Waals surface area contributed by atoms with Crippen LogP contribution in [-0.4, -0.2) is 84.2 Å². The average molecular weight is 828 g/mol. The molecule has 1 N–H and O–H groups in total. The van der Waals surface area contributed by atoms with Crippen LogP contribution >= 0.6 is 66.9 Å². The number of aliphatic imine (C=N–C) groups is 1. The molecule has 215 valence electrons. The molecule has 7 nitrogen and oxygen atoms in total. The van der Waals surface area contributed by atoms with E-state index in [9.17, 15) is 4.79 Å². The number of carboxylic acids is 1. The zero-order valence-electron chi connectivity index (χ0n) is 23.1. The predicted molar refractivity (Wildman–Crippen MR) is 181 cm³/mol. The standard InChI is InChI=1S/C19H27BN2O2.C6H11NO2.2HI.2H2S.V/c1-18(2)19(3,4)24-20(23-18)14-8-9-15-13(11-14)12-16(21-15)17-7-6-10-22(17)5;1-7-4-2-3-5(7)6(8)9;;;;;/h8-9,11,17H,6-7,10,12H2,1-5H3;5H,2-4H2,1H3,(H,8,9);2*1H;2*1H2;/q;;;;;;+2/p-2/t17-;5-;;;;;/m00...../s1. The van der Waals surface area contributed by atoms with Gasteiger partial charge in [0.05, 0.1) is 16.9 Å². The van der Waals surface area contributed by atoms with Gasteiger partial charge in [0.25, 0.3) is 0 Å². The van der Waals surface area contributed by atoms with Gasteiger partial charge in [0.1, 0.15) is 6.04 Å². The number of hydrogen-bond donors (Lipinski definition) is 1. The monoisotopic (exact) mass is 828 g/mol. The Hall–Kier alpha value is 1.01. The molecule has 4 heterocycles. The molecular weight excluding hydrogens is 786 g/mol. The van der Waals surface area contributed by atoms with Crippen LogP contribution in [0.15, 0.2) is 23.2 Å². The van der Waals surface area contributed by atoms with Crippen molar-refractivity contribution in [2.24, 2.45) is 4.99 Å². The number of nitrogens with zero attached hydrogens (tertiary/aromatic N) is 3. The average Bonchev–Trinajstić information content (AvgIpc) is 3.55. The molecule has 0 bridgehead atoms. The van der Waals surface area contributed by atoms with Crippen molar-refractivity contribution in [3.05, 3.63) is 23.8 Å². The first kappa shape index (κ1) is 37.0. The predicted octanol–water partition coefficient (Wildman–Crippen LogP) is 4.87. The van der Waals surface area contributed by atoms with Gasteiger partial charge in [-0.3, -0.25) is 19.6 Å². The van der Waals surface area contributed by atoms with E-state index in [-0.39, 0.29) is 51.4 Å².